The molecule has 4 aromatic rings. The molecule has 1 saturated heterocycles. The fourth-order valence-corrected chi connectivity index (χ4v) is 5.38. The van der Waals surface area contributed by atoms with Crippen molar-refractivity contribution >= 4 is 17.2 Å². The molecule has 0 bridgehead atoms. The number of piperidine rings is 1. The second kappa shape index (κ2) is 11.8. The van der Waals surface area contributed by atoms with E-state index in [1.165, 1.54) is 15.5 Å². The number of ether oxygens (including phenoxy) is 1. The molecular weight excluding hydrogens is 474 g/mol. The highest BCUT2D eigenvalue weighted by atomic mass is 16.5. The Morgan fingerprint density at radius 3 is 2.26 bits per heavy atom. The highest BCUT2D eigenvalue weighted by molar-refractivity contribution is 6.04. The molecule has 0 spiro atoms. The molecule has 38 heavy (non-hydrogen) atoms. The zero-order valence-corrected chi connectivity index (χ0v) is 21.4. The number of aromatic nitrogens is 1. The van der Waals surface area contributed by atoms with Crippen molar-refractivity contribution in [3.63, 3.8) is 0 Å². The summed E-state index contributed by atoms with van der Waals surface area (Å²) in [5, 5.41) is 10.0. The lowest BCUT2D eigenvalue weighted by molar-refractivity contribution is 0.0503. The first-order valence-electron chi connectivity index (χ1n) is 13.2. The summed E-state index contributed by atoms with van der Waals surface area (Å²) in [4.78, 5) is 28.9. The smallest absolute Gasteiger partial charge is 0.342 e. The highest BCUT2D eigenvalue weighted by Gasteiger charge is 2.30. The van der Waals surface area contributed by atoms with E-state index < -0.39 is 11.5 Å². The van der Waals surface area contributed by atoms with Crippen LogP contribution in [-0.4, -0.2) is 30.1 Å². The summed E-state index contributed by atoms with van der Waals surface area (Å²) in [5.41, 5.74) is 3.25. The van der Waals surface area contributed by atoms with E-state index in [1.54, 1.807) is 24.4 Å². The number of carbonyl (C=O) groups excluding carboxylic acids is 1. The van der Waals surface area contributed by atoms with Crippen LogP contribution < -0.4 is 10.5 Å². The molecule has 1 aliphatic rings. The minimum absolute atomic E-state index is 0.00792. The van der Waals surface area contributed by atoms with Crippen LogP contribution in [0.1, 0.15) is 46.3 Å². The third-order valence-electron chi connectivity index (χ3n) is 7.32. The monoisotopic (exact) mass is 505 g/mol. The van der Waals surface area contributed by atoms with E-state index in [0.29, 0.717) is 42.2 Å². The number of aryl methyl sites for hydroxylation is 1. The number of hydrogen-bond acceptors (Lipinski definition) is 5. The van der Waals surface area contributed by atoms with Crippen LogP contribution in [0.3, 0.4) is 0 Å². The zero-order chi connectivity index (χ0) is 26.3. The molecule has 0 unspecified atom stereocenters. The zero-order valence-electron chi connectivity index (χ0n) is 21.4. The average molecular weight is 506 g/mol. The molecule has 2 aromatic carbocycles. The number of benzene rings is 2. The van der Waals surface area contributed by atoms with Gasteiger partial charge in [0.05, 0.1) is 17.8 Å². The molecule has 6 heteroatoms. The summed E-state index contributed by atoms with van der Waals surface area (Å²) in [7, 11) is 0. The van der Waals surface area contributed by atoms with Gasteiger partial charge in [0.1, 0.15) is 17.2 Å². The molecule has 2 aromatic heterocycles. The van der Waals surface area contributed by atoms with Crippen molar-refractivity contribution in [3.05, 3.63) is 118 Å². The van der Waals surface area contributed by atoms with Gasteiger partial charge in [0.2, 0.25) is 0 Å². The minimum atomic E-state index is -0.500. The van der Waals surface area contributed by atoms with Gasteiger partial charge in [-0.15, -0.1) is 0 Å². The second-order valence-corrected chi connectivity index (χ2v) is 9.82. The molecule has 1 aliphatic heterocycles. The van der Waals surface area contributed by atoms with Crippen LogP contribution in [0.4, 0.5) is 5.69 Å². The summed E-state index contributed by atoms with van der Waals surface area (Å²) < 4.78 is 7.12. The van der Waals surface area contributed by atoms with Gasteiger partial charge in [-0.1, -0.05) is 66.7 Å². The maximum absolute atomic E-state index is 13.5. The van der Waals surface area contributed by atoms with Crippen molar-refractivity contribution in [1.82, 2.24) is 4.40 Å². The Kier molecular flexibility index (Phi) is 7.84. The van der Waals surface area contributed by atoms with Crippen molar-refractivity contribution in [3.8, 4) is 6.07 Å². The largest absolute Gasteiger partial charge is 0.462 e. The Morgan fingerprint density at radius 1 is 0.921 bits per heavy atom. The van der Waals surface area contributed by atoms with E-state index in [9.17, 15) is 14.9 Å². The van der Waals surface area contributed by atoms with E-state index in [1.807, 2.05) is 29.2 Å². The third kappa shape index (κ3) is 5.47. The molecule has 0 aliphatic carbocycles. The number of carbonyl (C=O) groups is 1. The van der Waals surface area contributed by atoms with E-state index in [-0.39, 0.29) is 12.2 Å². The highest BCUT2D eigenvalue weighted by Crippen LogP contribution is 2.32. The molecule has 0 N–H and O–H groups in total. The molecule has 5 rings (SSSR count). The number of pyridine rings is 2. The summed E-state index contributed by atoms with van der Waals surface area (Å²) in [5.74, 6) is 0.00815. The van der Waals surface area contributed by atoms with Gasteiger partial charge in [0, 0.05) is 19.3 Å². The number of fused-ring (bicyclic) bond motifs is 1. The molecular formula is C32H31N3O3. The topological polar surface area (TPSA) is 74.8 Å². The van der Waals surface area contributed by atoms with Crippen LogP contribution in [0.5, 0.6) is 0 Å². The van der Waals surface area contributed by atoms with E-state index in [4.69, 9.17) is 4.74 Å². The van der Waals surface area contributed by atoms with Crippen molar-refractivity contribution < 1.29 is 9.53 Å². The number of esters is 1. The van der Waals surface area contributed by atoms with Gasteiger partial charge in [-0.05, 0) is 61.3 Å². The normalized spacial score (nSPS) is 13.8. The lowest BCUT2D eigenvalue weighted by Crippen LogP contribution is -2.38. The Bertz CT molecular complexity index is 1500. The van der Waals surface area contributed by atoms with Crippen molar-refractivity contribution in [2.24, 2.45) is 5.92 Å². The fraction of sp³-hybridized carbons (Fsp3) is 0.281. The first-order valence-corrected chi connectivity index (χ1v) is 13.2. The van der Waals surface area contributed by atoms with Gasteiger partial charge in [-0.25, -0.2) is 4.79 Å². The standard InChI is InChI=1S/C32H31N3O3/c33-23-27-30(34-19-16-26(17-20-34)22-25-12-5-2-6-13-25)29(28-15-7-8-18-35(28)31(27)36)32(37)38-21-9-14-24-10-3-1-4-11-24/h1-8,10-13,15,18,26H,9,14,16-17,19-22H2. The van der Waals surface area contributed by atoms with Crippen LogP contribution in [-0.2, 0) is 17.6 Å². The molecule has 192 valence electrons. The van der Waals surface area contributed by atoms with Crippen molar-refractivity contribution in [2.45, 2.75) is 32.1 Å². The predicted octanol–water partition coefficient (Wildman–Crippen LogP) is 5.42. The third-order valence-corrected chi connectivity index (χ3v) is 7.32. The Balaban J connectivity index is 1.40. The quantitative estimate of drug-likeness (QED) is 0.236. The van der Waals surface area contributed by atoms with E-state index in [0.717, 1.165) is 25.7 Å². The number of anilines is 1. The number of rotatable bonds is 8. The summed E-state index contributed by atoms with van der Waals surface area (Å²) >= 11 is 0. The summed E-state index contributed by atoms with van der Waals surface area (Å²) in [6.07, 6.45) is 5.91. The fourth-order valence-electron chi connectivity index (χ4n) is 5.38. The van der Waals surface area contributed by atoms with Gasteiger partial charge >= 0.3 is 5.97 Å². The second-order valence-electron chi connectivity index (χ2n) is 9.82. The Morgan fingerprint density at radius 2 is 1.58 bits per heavy atom. The lowest BCUT2D eigenvalue weighted by Gasteiger charge is -2.35. The molecule has 1 fully saturated rings. The van der Waals surface area contributed by atoms with E-state index >= 15 is 0 Å². The number of nitriles is 1. The predicted molar refractivity (Wildman–Crippen MR) is 149 cm³/mol. The number of hydrogen-bond donors (Lipinski definition) is 0. The molecule has 3 heterocycles. The van der Waals surface area contributed by atoms with Gasteiger partial charge in [0.15, 0.2) is 0 Å². The maximum Gasteiger partial charge on any atom is 0.342 e. The minimum Gasteiger partial charge on any atom is -0.462 e. The van der Waals surface area contributed by atoms with Crippen LogP contribution >= 0.6 is 0 Å². The molecule has 0 amide bonds. The molecule has 0 radical (unpaired) electrons. The Hall–Kier alpha value is -4.37. The van der Waals surface area contributed by atoms with Gasteiger partial charge in [-0.2, -0.15) is 5.26 Å². The SMILES string of the molecule is N#Cc1c(N2CCC(Cc3ccccc3)CC2)c(C(=O)OCCCc2ccccc2)c2ccccn2c1=O. The maximum atomic E-state index is 13.5. The summed E-state index contributed by atoms with van der Waals surface area (Å²) in [6, 6.07) is 27.9. The van der Waals surface area contributed by atoms with Crippen LogP contribution in [0.15, 0.2) is 89.9 Å². The van der Waals surface area contributed by atoms with Crippen molar-refractivity contribution in [1.29, 1.82) is 5.26 Å². The van der Waals surface area contributed by atoms with Crippen LogP contribution in [0.2, 0.25) is 0 Å². The molecule has 0 atom stereocenters. The lowest BCUT2D eigenvalue weighted by atomic mass is 9.89. The van der Waals surface area contributed by atoms with Gasteiger partial charge < -0.3 is 9.64 Å². The summed E-state index contributed by atoms with van der Waals surface area (Å²) in [6.45, 7) is 1.60. The van der Waals surface area contributed by atoms with Crippen molar-refractivity contribution in [2.75, 3.05) is 24.6 Å². The molecule has 0 saturated carbocycles. The Labute approximate surface area is 222 Å². The van der Waals surface area contributed by atoms with Gasteiger partial charge in [0.25, 0.3) is 5.56 Å². The van der Waals surface area contributed by atoms with E-state index in [2.05, 4.69) is 42.5 Å². The number of nitrogens with zero attached hydrogens (tertiary/aromatic N) is 3. The average Bonchev–Trinajstić information content (AvgIpc) is 2.97. The first kappa shape index (κ1) is 25.3. The van der Waals surface area contributed by atoms with Crippen LogP contribution in [0.25, 0.3) is 5.52 Å². The van der Waals surface area contributed by atoms with Crippen LogP contribution in [0, 0.1) is 17.2 Å². The molecule has 6 nitrogen and oxygen atoms in total. The van der Waals surface area contributed by atoms with Gasteiger partial charge in [-0.3, -0.25) is 9.20 Å². The first-order chi connectivity index (χ1) is 18.7.